The second-order valence-corrected chi connectivity index (χ2v) is 5.01. The fraction of sp³-hybridized carbons (Fsp3) is 0.286. The molecule has 0 aliphatic rings. The summed E-state index contributed by atoms with van der Waals surface area (Å²) in [5.41, 5.74) is 4.08. The van der Waals surface area contributed by atoms with Gasteiger partial charge in [0, 0.05) is 36.4 Å². The predicted molar refractivity (Wildman–Crippen MR) is 77.7 cm³/mol. The molecule has 108 valence electrons. The quantitative estimate of drug-likeness (QED) is 0.757. The molecule has 3 heterocycles. The SMILES string of the molecule is Cc1[nH]ncc1CNC(=O)c1cnc2c(c1)c(C)nn2C. The van der Waals surface area contributed by atoms with Crippen LogP contribution in [0, 0.1) is 13.8 Å². The molecule has 3 aromatic rings. The first-order chi connectivity index (χ1) is 10.1. The molecule has 0 aliphatic heterocycles. The number of carbonyl (C=O) groups is 1. The number of amides is 1. The Morgan fingerprint density at radius 3 is 2.90 bits per heavy atom. The van der Waals surface area contributed by atoms with Gasteiger partial charge in [0.25, 0.3) is 5.91 Å². The van der Waals surface area contributed by atoms with Crippen LogP contribution in [0.1, 0.15) is 27.3 Å². The van der Waals surface area contributed by atoms with Crippen LogP contribution in [-0.4, -0.2) is 30.9 Å². The van der Waals surface area contributed by atoms with Crippen LogP contribution in [0.4, 0.5) is 0 Å². The number of hydrogen-bond acceptors (Lipinski definition) is 4. The van der Waals surface area contributed by atoms with Gasteiger partial charge < -0.3 is 5.32 Å². The zero-order chi connectivity index (χ0) is 15.0. The molecule has 0 aromatic carbocycles. The molecule has 3 rings (SSSR count). The first-order valence-corrected chi connectivity index (χ1v) is 6.62. The molecule has 7 nitrogen and oxygen atoms in total. The van der Waals surface area contributed by atoms with Gasteiger partial charge in [-0.1, -0.05) is 0 Å². The van der Waals surface area contributed by atoms with Crippen molar-refractivity contribution in [3.05, 3.63) is 41.0 Å². The van der Waals surface area contributed by atoms with E-state index in [-0.39, 0.29) is 5.91 Å². The van der Waals surface area contributed by atoms with Crippen molar-refractivity contribution in [3.63, 3.8) is 0 Å². The molecule has 0 bridgehead atoms. The van der Waals surface area contributed by atoms with Crippen molar-refractivity contribution < 1.29 is 4.79 Å². The number of hydrogen-bond donors (Lipinski definition) is 2. The molecule has 3 aromatic heterocycles. The van der Waals surface area contributed by atoms with Crippen LogP contribution in [0.3, 0.4) is 0 Å². The molecule has 0 aliphatic carbocycles. The van der Waals surface area contributed by atoms with Crippen molar-refractivity contribution in [2.24, 2.45) is 7.05 Å². The average Bonchev–Trinajstić information content (AvgIpc) is 3.00. The third-order valence-electron chi connectivity index (χ3n) is 3.50. The van der Waals surface area contributed by atoms with E-state index in [1.54, 1.807) is 17.1 Å². The van der Waals surface area contributed by atoms with Crippen LogP contribution in [0.2, 0.25) is 0 Å². The van der Waals surface area contributed by atoms with Crippen molar-refractivity contribution >= 4 is 16.9 Å². The number of H-pyrrole nitrogens is 1. The van der Waals surface area contributed by atoms with Gasteiger partial charge in [-0.2, -0.15) is 10.2 Å². The minimum absolute atomic E-state index is 0.159. The lowest BCUT2D eigenvalue weighted by Gasteiger charge is -2.04. The number of carbonyl (C=O) groups excluding carboxylic acids is 1. The highest BCUT2D eigenvalue weighted by molar-refractivity contribution is 5.97. The molecule has 0 atom stereocenters. The van der Waals surface area contributed by atoms with Crippen molar-refractivity contribution in [1.29, 1.82) is 0 Å². The van der Waals surface area contributed by atoms with E-state index < -0.39 is 0 Å². The van der Waals surface area contributed by atoms with E-state index in [1.807, 2.05) is 27.0 Å². The Morgan fingerprint density at radius 1 is 1.38 bits per heavy atom. The van der Waals surface area contributed by atoms with E-state index in [1.165, 1.54) is 0 Å². The molecule has 0 fully saturated rings. The molecule has 7 heteroatoms. The van der Waals surface area contributed by atoms with E-state index in [4.69, 9.17) is 0 Å². The number of pyridine rings is 1. The summed E-state index contributed by atoms with van der Waals surface area (Å²) in [6.07, 6.45) is 3.28. The Balaban J connectivity index is 1.81. The third kappa shape index (κ3) is 2.37. The zero-order valence-electron chi connectivity index (χ0n) is 12.1. The number of aromatic amines is 1. The standard InChI is InChI=1S/C14H16N6O/c1-8-11(7-17-18-8)6-16-14(21)10-4-12-9(2)19-20(3)13(12)15-5-10/h4-5,7H,6H2,1-3H3,(H,16,21)(H,17,18). The largest absolute Gasteiger partial charge is 0.348 e. The highest BCUT2D eigenvalue weighted by atomic mass is 16.1. The first-order valence-electron chi connectivity index (χ1n) is 6.62. The Bertz CT molecular complexity index is 816. The van der Waals surface area contributed by atoms with Crippen molar-refractivity contribution in [1.82, 2.24) is 30.3 Å². The smallest absolute Gasteiger partial charge is 0.253 e. The fourth-order valence-electron chi connectivity index (χ4n) is 2.26. The summed E-state index contributed by atoms with van der Waals surface area (Å²) in [5.74, 6) is -0.159. The Kier molecular flexibility index (Phi) is 3.17. The molecule has 1 amide bonds. The molecule has 0 spiro atoms. The van der Waals surface area contributed by atoms with E-state index in [0.29, 0.717) is 12.1 Å². The summed E-state index contributed by atoms with van der Waals surface area (Å²) in [5, 5.41) is 14.8. The van der Waals surface area contributed by atoms with Gasteiger partial charge in [0.05, 0.1) is 17.5 Å². The van der Waals surface area contributed by atoms with Crippen LogP contribution < -0.4 is 5.32 Å². The molecule has 0 saturated carbocycles. The van der Waals surface area contributed by atoms with Crippen LogP contribution in [0.15, 0.2) is 18.5 Å². The summed E-state index contributed by atoms with van der Waals surface area (Å²) < 4.78 is 1.71. The Labute approximate surface area is 121 Å². The van der Waals surface area contributed by atoms with Gasteiger partial charge in [-0.15, -0.1) is 0 Å². The van der Waals surface area contributed by atoms with E-state index in [0.717, 1.165) is 28.0 Å². The zero-order valence-corrected chi connectivity index (χ0v) is 12.1. The summed E-state index contributed by atoms with van der Waals surface area (Å²) in [6, 6.07) is 1.82. The minimum Gasteiger partial charge on any atom is -0.348 e. The van der Waals surface area contributed by atoms with Gasteiger partial charge in [0.2, 0.25) is 0 Å². The summed E-state index contributed by atoms with van der Waals surface area (Å²) >= 11 is 0. The molecule has 2 N–H and O–H groups in total. The maximum absolute atomic E-state index is 12.2. The molecular weight excluding hydrogens is 268 g/mol. The van der Waals surface area contributed by atoms with Crippen molar-refractivity contribution in [2.45, 2.75) is 20.4 Å². The number of rotatable bonds is 3. The number of nitrogens with one attached hydrogen (secondary N) is 2. The topological polar surface area (TPSA) is 88.5 Å². The van der Waals surface area contributed by atoms with Crippen molar-refractivity contribution in [2.75, 3.05) is 0 Å². The second-order valence-electron chi connectivity index (χ2n) is 5.01. The second kappa shape index (κ2) is 5.01. The molecule has 0 unspecified atom stereocenters. The molecule has 0 saturated heterocycles. The average molecular weight is 284 g/mol. The monoisotopic (exact) mass is 284 g/mol. The van der Waals surface area contributed by atoms with Gasteiger partial charge in [-0.25, -0.2) is 4.98 Å². The minimum atomic E-state index is -0.159. The van der Waals surface area contributed by atoms with Gasteiger partial charge in [0.15, 0.2) is 5.65 Å². The fourth-order valence-corrected chi connectivity index (χ4v) is 2.26. The maximum Gasteiger partial charge on any atom is 0.253 e. The van der Waals surface area contributed by atoms with Crippen LogP contribution >= 0.6 is 0 Å². The number of nitrogens with zero attached hydrogens (tertiary/aromatic N) is 4. The predicted octanol–water partition coefficient (Wildman–Crippen LogP) is 1.24. The summed E-state index contributed by atoms with van der Waals surface area (Å²) in [7, 11) is 1.84. The third-order valence-corrected chi connectivity index (χ3v) is 3.50. The summed E-state index contributed by atoms with van der Waals surface area (Å²) in [4.78, 5) is 16.5. The van der Waals surface area contributed by atoms with Crippen LogP contribution in [-0.2, 0) is 13.6 Å². The number of fused-ring (bicyclic) bond motifs is 1. The highest BCUT2D eigenvalue weighted by Crippen LogP contribution is 2.16. The lowest BCUT2D eigenvalue weighted by molar-refractivity contribution is 0.0950. The van der Waals surface area contributed by atoms with Crippen molar-refractivity contribution in [3.8, 4) is 0 Å². The molecular formula is C14H16N6O. The van der Waals surface area contributed by atoms with E-state index >= 15 is 0 Å². The Hall–Kier alpha value is -2.70. The lowest BCUT2D eigenvalue weighted by Crippen LogP contribution is -2.23. The normalized spacial score (nSPS) is 11.0. The lowest BCUT2D eigenvalue weighted by atomic mass is 10.2. The van der Waals surface area contributed by atoms with Gasteiger partial charge in [-0.3, -0.25) is 14.6 Å². The van der Waals surface area contributed by atoms with Gasteiger partial charge in [-0.05, 0) is 19.9 Å². The van der Waals surface area contributed by atoms with E-state index in [2.05, 4.69) is 25.6 Å². The molecule has 0 radical (unpaired) electrons. The first kappa shape index (κ1) is 13.3. The van der Waals surface area contributed by atoms with Crippen LogP contribution in [0.5, 0.6) is 0 Å². The summed E-state index contributed by atoms with van der Waals surface area (Å²) in [6.45, 7) is 4.26. The molecule has 21 heavy (non-hydrogen) atoms. The highest BCUT2D eigenvalue weighted by Gasteiger charge is 2.12. The van der Waals surface area contributed by atoms with Crippen LogP contribution in [0.25, 0.3) is 11.0 Å². The van der Waals surface area contributed by atoms with Gasteiger partial charge in [0.1, 0.15) is 0 Å². The Morgan fingerprint density at radius 2 is 2.19 bits per heavy atom. The van der Waals surface area contributed by atoms with Gasteiger partial charge >= 0.3 is 0 Å². The maximum atomic E-state index is 12.2. The number of aryl methyl sites for hydroxylation is 3. The number of aromatic nitrogens is 5. The van der Waals surface area contributed by atoms with E-state index in [9.17, 15) is 4.79 Å².